The SMILES string of the molecule is CCN(CC)[C@@H]1CCN(C(=O)c2cc(-c3cnn(C)c3)nc3ccc(F)cc23)C1. The molecule has 3 heterocycles. The Labute approximate surface area is 169 Å². The first-order valence-corrected chi connectivity index (χ1v) is 10.1. The first-order valence-electron chi connectivity index (χ1n) is 10.1. The van der Waals surface area contributed by atoms with E-state index < -0.39 is 0 Å². The Hall–Kier alpha value is -2.80. The summed E-state index contributed by atoms with van der Waals surface area (Å²) in [5.74, 6) is -0.437. The number of likely N-dealkylation sites (N-methyl/N-ethyl adjacent to an activating group) is 1. The summed E-state index contributed by atoms with van der Waals surface area (Å²) >= 11 is 0. The van der Waals surface area contributed by atoms with Crippen LogP contribution in [-0.2, 0) is 7.05 Å². The van der Waals surface area contributed by atoms with Crippen LogP contribution in [0.15, 0.2) is 36.7 Å². The zero-order valence-electron chi connectivity index (χ0n) is 17.1. The van der Waals surface area contributed by atoms with Gasteiger partial charge in [0, 0.05) is 43.3 Å². The first-order chi connectivity index (χ1) is 14.0. The van der Waals surface area contributed by atoms with Crippen molar-refractivity contribution in [3.8, 4) is 11.3 Å². The van der Waals surface area contributed by atoms with Crippen LogP contribution in [0.5, 0.6) is 0 Å². The predicted octanol–water partition coefficient (Wildman–Crippen LogP) is 3.33. The number of hydrogen-bond donors (Lipinski definition) is 0. The monoisotopic (exact) mass is 395 g/mol. The fourth-order valence-corrected chi connectivity index (χ4v) is 4.21. The zero-order valence-corrected chi connectivity index (χ0v) is 17.1. The van der Waals surface area contributed by atoms with E-state index in [0.717, 1.165) is 25.1 Å². The van der Waals surface area contributed by atoms with Gasteiger partial charge in [-0.2, -0.15) is 5.10 Å². The molecule has 0 spiro atoms. The number of halogens is 1. The van der Waals surface area contributed by atoms with E-state index in [9.17, 15) is 9.18 Å². The molecular weight excluding hydrogens is 369 g/mol. The maximum atomic E-state index is 14.0. The molecule has 1 aliphatic rings. The molecule has 3 aromatic rings. The highest BCUT2D eigenvalue weighted by atomic mass is 19.1. The second-order valence-electron chi connectivity index (χ2n) is 7.53. The number of likely N-dealkylation sites (tertiary alicyclic amines) is 1. The molecule has 1 aromatic carbocycles. The molecule has 0 radical (unpaired) electrons. The van der Waals surface area contributed by atoms with Gasteiger partial charge >= 0.3 is 0 Å². The lowest BCUT2D eigenvalue weighted by Crippen LogP contribution is -2.38. The number of fused-ring (bicyclic) bond motifs is 1. The van der Waals surface area contributed by atoms with Gasteiger partial charge in [0.2, 0.25) is 0 Å². The Kier molecular flexibility index (Phi) is 5.32. The Morgan fingerprint density at radius 2 is 2.07 bits per heavy atom. The van der Waals surface area contributed by atoms with E-state index in [1.165, 1.54) is 12.1 Å². The van der Waals surface area contributed by atoms with E-state index in [0.29, 0.717) is 41.3 Å². The molecule has 1 atom stereocenters. The number of amides is 1. The van der Waals surface area contributed by atoms with Crippen LogP contribution in [0.1, 0.15) is 30.6 Å². The lowest BCUT2D eigenvalue weighted by atomic mass is 10.0. The summed E-state index contributed by atoms with van der Waals surface area (Å²) < 4.78 is 15.7. The van der Waals surface area contributed by atoms with Crippen molar-refractivity contribution < 1.29 is 9.18 Å². The second kappa shape index (κ2) is 7.91. The number of rotatable bonds is 5. The quantitative estimate of drug-likeness (QED) is 0.665. The highest BCUT2D eigenvalue weighted by Crippen LogP contribution is 2.28. The molecule has 4 rings (SSSR count). The topological polar surface area (TPSA) is 54.3 Å². The van der Waals surface area contributed by atoms with Gasteiger partial charge in [-0.3, -0.25) is 14.4 Å². The molecule has 0 saturated carbocycles. The highest BCUT2D eigenvalue weighted by Gasteiger charge is 2.30. The number of hydrogen-bond acceptors (Lipinski definition) is 4. The van der Waals surface area contributed by atoms with Gasteiger partial charge < -0.3 is 4.90 Å². The normalized spacial score (nSPS) is 16.9. The molecule has 1 aliphatic heterocycles. The van der Waals surface area contributed by atoms with Crippen LogP contribution in [0, 0.1) is 5.82 Å². The molecule has 1 saturated heterocycles. The number of carbonyl (C=O) groups excluding carboxylic acids is 1. The fourth-order valence-electron chi connectivity index (χ4n) is 4.21. The number of aryl methyl sites for hydroxylation is 1. The molecular formula is C22H26FN5O. The van der Waals surface area contributed by atoms with Gasteiger partial charge in [0.15, 0.2) is 0 Å². The Balaban J connectivity index is 1.73. The Morgan fingerprint density at radius 1 is 1.28 bits per heavy atom. The van der Waals surface area contributed by atoms with E-state index in [-0.39, 0.29) is 11.7 Å². The fraction of sp³-hybridized carbons (Fsp3) is 0.409. The van der Waals surface area contributed by atoms with E-state index in [1.807, 2.05) is 18.1 Å². The Bertz CT molecular complexity index is 1040. The smallest absolute Gasteiger partial charge is 0.254 e. The molecule has 2 aromatic heterocycles. The van der Waals surface area contributed by atoms with Crippen LogP contribution in [0.25, 0.3) is 22.2 Å². The van der Waals surface area contributed by atoms with Gasteiger partial charge in [-0.1, -0.05) is 13.8 Å². The molecule has 0 N–H and O–H groups in total. The van der Waals surface area contributed by atoms with Crippen molar-refractivity contribution >= 4 is 16.8 Å². The lowest BCUT2D eigenvalue weighted by Gasteiger charge is -2.26. The standard InChI is InChI=1S/C22H26FN5O/c1-4-27(5-2)17-8-9-28(14-17)22(29)19-11-21(15-12-24-26(3)13-15)25-20-7-6-16(23)10-18(19)20/h6-7,10-13,17H,4-5,8-9,14H2,1-3H3/t17-/m1/s1. The van der Waals surface area contributed by atoms with E-state index >= 15 is 0 Å². The van der Waals surface area contributed by atoms with Crippen LogP contribution in [0.4, 0.5) is 4.39 Å². The van der Waals surface area contributed by atoms with Crippen molar-refractivity contribution in [2.45, 2.75) is 26.3 Å². The minimum absolute atomic E-state index is 0.0669. The summed E-state index contributed by atoms with van der Waals surface area (Å²) in [6, 6.07) is 6.55. The summed E-state index contributed by atoms with van der Waals surface area (Å²) in [7, 11) is 1.84. The maximum Gasteiger partial charge on any atom is 0.254 e. The summed E-state index contributed by atoms with van der Waals surface area (Å²) in [6.45, 7) is 7.64. The molecule has 7 heteroatoms. The molecule has 6 nitrogen and oxygen atoms in total. The molecule has 0 bridgehead atoms. The Morgan fingerprint density at radius 3 is 2.76 bits per heavy atom. The van der Waals surface area contributed by atoms with Gasteiger partial charge in [0.05, 0.1) is 23.0 Å². The largest absolute Gasteiger partial charge is 0.337 e. The molecule has 1 fully saturated rings. The number of carbonyl (C=O) groups is 1. The number of pyridine rings is 1. The third kappa shape index (κ3) is 3.74. The van der Waals surface area contributed by atoms with Crippen LogP contribution in [0.3, 0.4) is 0 Å². The summed E-state index contributed by atoms with van der Waals surface area (Å²) in [5, 5.41) is 4.75. The van der Waals surface area contributed by atoms with Crippen molar-refractivity contribution in [3.63, 3.8) is 0 Å². The van der Waals surface area contributed by atoms with Gasteiger partial charge in [-0.15, -0.1) is 0 Å². The molecule has 1 amide bonds. The zero-order chi connectivity index (χ0) is 20.5. The average molecular weight is 395 g/mol. The van der Waals surface area contributed by atoms with E-state index in [2.05, 4.69) is 28.8 Å². The van der Waals surface area contributed by atoms with Crippen LogP contribution in [-0.4, -0.2) is 62.7 Å². The van der Waals surface area contributed by atoms with Crippen LogP contribution >= 0.6 is 0 Å². The van der Waals surface area contributed by atoms with Gasteiger partial charge in [0.1, 0.15) is 5.82 Å². The van der Waals surface area contributed by atoms with Crippen LogP contribution < -0.4 is 0 Å². The predicted molar refractivity (Wildman–Crippen MR) is 111 cm³/mol. The van der Waals surface area contributed by atoms with Gasteiger partial charge in [-0.05, 0) is 43.8 Å². The van der Waals surface area contributed by atoms with Crippen molar-refractivity contribution in [2.24, 2.45) is 7.05 Å². The highest BCUT2D eigenvalue weighted by molar-refractivity contribution is 6.07. The number of nitrogens with zero attached hydrogens (tertiary/aromatic N) is 5. The lowest BCUT2D eigenvalue weighted by molar-refractivity contribution is 0.0780. The van der Waals surface area contributed by atoms with Crippen molar-refractivity contribution in [1.82, 2.24) is 24.6 Å². The third-order valence-corrected chi connectivity index (χ3v) is 5.78. The van der Waals surface area contributed by atoms with Crippen molar-refractivity contribution in [3.05, 3.63) is 48.0 Å². The summed E-state index contributed by atoms with van der Waals surface area (Å²) in [4.78, 5) is 22.4. The van der Waals surface area contributed by atoms with Crippen LogP contribution in [0.2, 0.25) is 0 Å². The van der Waals surface area contributed by atoms with Crippen molar-refractivity contribution in [2.75, 3.05) is 26.2 Å². The van der Waals surface area contributed by atoms with Gasteiger partial charge in [0.25, 0.3) is 5.91 Å². The van der Waals surface area contributed by atoms with E-state index in [1.54, 1.807) is 23.0 Å². The van der Waals surface area contributed by atoms with Crippen molar-refractivity contribution in [1.29, 1.82) is 0 Å². The third-order valence-electron chi connectivity index (χ3n) is 5.78. The molecule has 152 valence electrons. The number of benzene rings is 1. The molecule has 0 aliphatic carbocycles. The number of aromatic nitrogens is 3. The minimum atomic E-state index is -0.370. The average Bonchev–Trinajstić information content (AvgIpc) is 3.37. The van der Waals surface area contributed by atoms with E-state index in [4.69, 9.17) is 0 Å². The maximum absolute atomic E-state index is 14.0. The molecule has 0 unspecified atom stereocenters. The second-order valence-corrected chi connectivity index (χ2v) is 7.53. The van der Waals surface area contributed by atoms with Gasteiger partial charge in [-0.25, -0.2) is 9.37 Å². The molecule has 29 heavy (non-hydrogen) atoms. The minimum Gasteiger partial charge on any atom is -0.337 e. The summed E-state index contributed by atoms with van der Waals surface area (Å²) in [5.41, 5.74) is 2.60. The summed E-state index contributed by atoms with van der Waals surface area (Å²) in [6.07, 6.45) is 4.54. The first kappa shape index (κ1) is 19.5.